The van der Waals surface area contributed by atoms with E-state index >= 15 is 0 Å². The van der Waals surface area contributed by atoms with Gasteiger partial charge in [0.15, 0.2) is 0 Å². The smallest absolute Gasteiger partial charge is 1.00 e. The fraction of sp³-hybridized carbons (Fsp3) is 0.333. The molecular formula is C9H12ClMgNO2. The molecule has 0 unspecified atom stereocenters. The van der Waals surface area contributed by atoms with Gasteiger partial charge in [-0.1, -0.05) is 30.3 Å². The Morgan fingerprint density at radius 2 is 1.64 bits per heavy atom. The third-order valence-corrected chi connectivity index (χ3v) is 1.75. The average Bonchev–Trinajstić information content (AvgIpc) is 2.06. The Balaban J connectivity index is 0. The largest absolute Gasteiger partial charge is 2.00 e. The molecule has 0 aliphatic carbocycles. The van der Waals surface area contributed by atoms with Crippen LogP contribution in [0.3, 0.4) is 0 Å². The number of hydrogen-bond acceptors (Lipinski definition) is 2. The van der Waals surface area contributed by atoms with Crippen molar-refractivity contribution < 1.29 is 17.2 Å². The van der Waals surface area contributed by atoms with E-state index in [0.29, 0.717) is 0 Å². The molecule has 5 heteroatoms. The summed E-state index contributed by atoms with van der Waals surface area (Å²) in [5, 5.41) is 22.0. The second-order valence-corrected chi connectivity index (χ2v) is 2.77. The van der Waals surface area contributed by atoms with Gasteiger partial charge in [-0.3, -0.25) is 0 Å². The minimum absolute atomic E-state index is 0. The van der Waals surface area contributed by atoms with Crippen molar-refractivity contribution in [2.45, 2.75) is 13.5 Å². The molecular weight excluding hydrogens is 214 g/mol. The van der Waals surface area contributed by atoms with E-state index in [9.17, 15) is 10.4 Å². The second kappa shape index (κ2) is 7.45. The molecule has 0 aliphatic rings. The molecule has 74 valence electrons. The summed E-state index contributed by atoms with van der Waals surface area (Å²) in [5.74, 6) is 0. The Hall–Kier alpha value is 0.156. The monoisotopic (exact) mass is 225 g/mol. The molecule has 14 heavy (non-hydrogen) atoms. The number of rotatable bonds is 3. The van der Waals surface area contributed by atoms with Crippen LogP contribution >= 0.6 is 0 Å². The van der Waals surface area contributed by atoms with Crippen LogP contribution in [0.4, 0.5) is 0 Å². The molecule has 0 aliphatic heterocycles. The summed E-state index contributed by atoms with van der Waals surface area (Å²) in [6.45, 7) is 1.68. The van der Waals surface area contributed by atoms with Crippen molar-refractivity contribution in [3.8, 4) is 0 Å². The zero-order chi connectivity index (χ0) is 9.03. The average molecular weight is 226 g/mol. The van der Waals surface area contributed by atoms with Crippen LogP contribution in [0.5, 0.6) is 0 Å². The molecule has 1 aromatic carbocycles. The van der Waals surface area contributed by atoms with Gasteiger partial charge in [-0.05, 0) is 6.92 Å². The Labute approximate surface area is 106 Å². The Morgan fingerprint density at radius 3 is 2.07 bits per heavy atom. The minimum Gasteiger partial charge on any atom is -1.00 e. The summed E-state index contributed by atoms with van der Waals surface area (Å²) in [4.78, 5) is -1.44. The van der Waals surface area contributed by atoms with Crippen LogP contribution in [-0.4, -0.2) is 34.4 Å². The Morgan fingerprint density at radius 1 is 1.14 bits per heavy atom. The van der Waals surface area contributed by atoms with E-state index in [2.05, 4.69) is 0 Å². The van der Waals surface area contributed by atoms with E-state index in [1.165, 1.54) is 0 Å². The Bertz CT molecular complexity index is 244. The van der Waals surface area contributed by atoms with E-state index in [4.69, 9.17) is 0 Å². The number of hydroxylamine groups is 4. The van der Waals surface area contributed by atoms with Crippen molar-refractivity contribution in [2.75, 3.05) is 6.54 Å². The number of quaternary nitrogens is 1. The number of halogens is 1. The van der Waals surface area contributed by atoms with Crippen LogP contribution in [0.15, 0.2) is 30.3 Å². The fourth-order valence-electron chi connectivity index (χ4n) is 0.973. The molecule has 1 rings (SSSR count). The molecule has 0 spiro atoms. The van der Waals surface area contributed by atoms with Crippen molar-refractivity contribution in [1.82, 2.24) is 0 Å². The molecule has 0 N–H and O–H groups in total. The fourth-order valence-corrected chi connectivity index (χ4v) is 0.973. The molecule has 3 nitrogen and oxygen atoms in total. The zero-order valence-corrected chi connectivity index (χ0v) is 10.3. The van der Waals surface area contributed by atoms with Gasteiger partial charge >= 0.3 is 23.1 Å². The van der Waals surface area contributed by atoms with Crippen molar-refractivity contribution in [1.29, 1.82) is 0 Å². The summed E-state index contributed by atoms with van der Waals surface area (Å²) in [5.41, 5.74) is 0.796. The van der Waals surface area contributed by atoms with Gasteiger partial charge in [0, 0.05) is 5.56 Å². The van der Waals surface area contributed by atoms with Crippen LogP contribution in [0, 0.1) is 10.4 Å². The first-order valence-electron chi connectivity index (χ1n) is 3.97. The predicted octanol–water partition coefficient (Wildman–Crippen LogP) is -1.36. The van der Waals surface area contributed by atoms with Gasteiger partial charge in [0.25, 0.3) is 0 Å². The summed E-state index contributed by atoms with van der Waals surface area (Å²) < 4.78 is 0. The normalized spacial score (nSPS) is 9.93. The van der Waals surface area contributed by atoms with Crippen molar-refractivity contribution in [2.24, 2.45) is 0 Å². The summed E-state index contributed by atoms with van der Waals surface area (Å²) in [6.07, 6.45) is 0. The van der Waals surface area contributed by atoms with Crippen LogP contribution < -0.4 is 12.4 Å². The van der Waals surface area contributed by atoms with Gasteiger partial charge in [-0.25, -0.2) is 0 Å². The maximum absolute atomic E-state index is 11.0. The first kappa shape index (κ1) is 16.6. The van der Waals surface area contributed by atoms with E-state index in [1.807, 2.05) is 18.2 Å². The van der Waals surface area contributed by atoms with Crippen LogP contribution in [0.1, 0.15) is 12.5 Å². The topological polar surface area (TPSA) is 46.1 Å². The number of benzene rings is 1. The zero-order valence-electron chi connectivity index (χ0n) is 8.15. The van der Waals surface area contributed by atoms with Gasteiger partial charge < -0.3 is 27.6 Å². The molecule has 0 aromatic heterocycles. The molecule has 0 saturated heterocycles. The second-order valence-electron chi connectivity index (χ2n) is 2.77. The van der Waals surface area contributed by atoms with E-state index in [-0.39, 0.29) is 48.5 Å². The van der Waals surface area contributed by atoms with Crippen molar-refractivity contribution in [3.05, 3.63) is 46.3 Å². The summed E-state index contributed by atoms with van der Waals surface area (Å²) in [7, 11) is 0. The molecule has 0 amide bonds. The standard InChI is InChI=1S/C9H12NO2.ClH.Mg/c1-2-10(11,12)8-9-6-4-3-5-7-9;;/h3-7H,2,8H2,1H3;1H;/q-1;;+2/p-1. The van der Waals surface area contributed by atoms with E-state index < -0.39 is 4.81 Å². The maximum Gasteiger partial charge on any atom is 2.00 e. The molecule has 1 aromatic rings. The third-order valence-electron chi connectivity index (χ3n) is 1.75. The number of nitrogens with zero attached hydrogens (tertiary/aromatic N) is 1. The Kier molecular flexibility index (Phi) is 8.82. The van der Waals surface area contributed by atoms with Gasteiger partial charge in [0.2, 0.25) is 0 Å². The summed E-state index contributed by atoms with van der Waals surface area (Å²) in [6, 6.07) is 9.09. The molecule has 0 heterocycles. The quantitative estimate of drug-likeness (QED) is 0.363. The first-order chi connectivity index (χ1) is 5.64. The van der Waals surface area contributed by atoms with Crippen LogP contribution in [0.2, 0.25) is 0 Å². The first-order valence-corrected chi connectivity index (χ1v) is 3.97. The molecule has 0 bridgehead atoms. The molecule has 0 saturated carbocycles. The van der Waals surface area contributed by atoms with Gasteiger partial charge in [0.05, 0.1) is 6.54 Å². The van der Waals surface area contributed by atoms with E-state index in [0.717, 1.165) is 5.56 Å². The summed E-state index contributed by atoms with van der Waals surface area (Å²) >= 11 is 0. The van der Waals surface area contributed by atoms with Gasteiger partial charge in [-0.15, -0.1) is 0 Å². The van der Waals surface area contributed by atoms with Gasteiger partial charge in [0.1, 0.15) is 6.54 Å². The van der Waals surface area contributed by atoms with Crippen molar-refractivity contribution >= 4 is 23.1 Å². The minimum atomic E-state index is -1.44. The van der Waals surface area contributed by atoms with Crippen LogP contribution in [-0.2, 0) is 6.54 Å². The van der Waals surface area contributed by atoms with Gasteiger partial charge in [-0.2, -0.15) is 0 Å². The number of hydrogen-bond donors (Lipinski definition) is 0. The van der Waals surface area contributed by atoms with Crippen molar-refractivity contribution in [3.63, 3.8) is 0 Å². The molecule has 0 radical (unpaired) electrons. The maximum atomic E-state index is 11.0. The molecule has 0 atom stereocenters. The SMILES string of the molecule is CC[N+]([O-])([O-])Cc1ccccc1.[Cl-].[Mg+2]. The predicted molar refractivity (Wildman–Crippen MR) is 53.4 cm³/mol. The van der Waals surface area contributed by atoms with E-state index in [1.54, 1.807) is 19.1 Å². The van der Waals surface area contributed by atoms with Crippen LogP contribution in [0.25, 0.3) is 0 Å². The molecule has 0 fully saturated rings. The third kappa shape index (κ3) is 5.80.